The zero-order valence-electron chi connectivity index (χ0n) is 11.4. The number of aromatic nitrogens is 2. The highest BCUT2D eigenvalue weighted by molar-refractivity contribution is 5.82. The van der Waals surface area contributed by atoms with Crippen LogP contribution in [0.3, 0.4) is 0 Å². The Labute approximate surface area is 117 Å². The maximum Gasteiger partial charge on any atom is 0.275 e. The fourth-order valence-corrected chi connectivity index (χ4v) is 2.94. The summed E-state index contributed by atoms with van der Waals surface area (Å²) in [5.41, 5.74) is -0.174. The van der Waals surface area contributed by atoms with Crippen molar-refractivity contribution in [3.63, 3.8) is 0 Å². The van der Waals surface area contributed by atoms with E-state index >= 15 is 0 Å². The molecule has 0 N–H and O–H groups in total. The molecule has 0 aliphatic heterocycles. The smallest absolute Gasteiger partial charge is 0.275 e. The van der Waals surface area contributed by atoms with Crippen molar-refractivity contribution in [1.29, 1.82) is 0 Å². The largest absolute Gasteiger partial charge is 0.297 e. The molecule has 20 heavy (non-hydrogen) atoms. The Hall–Kier alpha value is -1.97. The molecule has 1 heterocycles. The molecule has 1 aliphatic carbocycles. The van der Waals surface area contributed by atoms with Gasteiger partial charge in [0.25, 0.3) is 5.56 Å². The maximum atomic E-state index is 12.3. The van der Waals surface area contributed by atoms with Gasteiger partial charge in [0, 0.05) is 11.3 Å². The third-order valence-corrected chi connectivity index (χ3v) is 4.13. The Balaban J connectivity index is 1.85. The minimum absolute atomic E-state index is 0.105. The molecule has 3 rings (SSSR count). The van der Waals surface area contributed by atoms with E-state index in [1.54, 1.807) is 12.3 Å². The summed E-state index contributed by atoms with van der Waals surface area (Å²) in [7, 11) is 0. The minimum atomic E-state index is -0.174. The van der Waals surface area contributed by atoms with E-state index in [2.05, 4.69) is 5.10 Å². The number of fused-ring (bicyclic) bond motifs is 1. The first kappa shape index (κ1) is 13.0. The van der Waals surface area contributed by atoms with E-state index in [0.717, 1.165) is 31.1 Å². The van der Waals surface area contributed by atoms with Gasteiger partial charge in [-0.3, -0.25) is 9.59 Å². The summed E-state index contributed by atoms with van der Waals surface area (Å²) in [5, 5.41) is 5.57. The predicted molar refractivity (Wildman–Crippen MR) is 77.6 cm³/mol. The Morgan fingerprint density at radius 3 is 2.75 bits per heavy atom. The summed E-state index contributed by atoms with van der Waals surface area (Å²) in [6.07, 6.45) is 7.04. The molecule has 0 saturated heterocycles. The number of Topliss-reactive ketones (excluding diaryl/α,β-unsaturated/α-hetero) is 1. The summed E-state index contributed by atoms with van der Waals surface area (Å²) >= 11 is 0. The van der Waals surface area contributed by atoms with Crippen molar-refractivity contribution in [3.8, 4) is 0 Å². The highest BCUT2D eigenvalue weighted by Crippen LogP contribution is 2.24. The SMILES string of the molecule is O=C(Cn1ncc2ccccc2c1=O)C1CCCCC1. The van der Waals surface area contributed by atoms with Crippen molar-refractivity contribution in [2.75, 3.05) is 0 Å². The third kappa shape index (κ3) is 2.50. The van der Waals surface area contributed by atoms with E-state index in [0.29, 0.717) is 5.39 Å². The first-order chi connectivity index (χ1) is 9.75. The minimum Gasteiger partial charge on any atom is -0.297 e. The molecule has 0 atom stereocenters. The van der Waals surface area contributed by atoms with Crippen molar-refractivity contribution in [3.05, 3.63) is 40.8 Å². The molecule has 0 radical (unpaired) electrons. The van der Waals surface area contributed by atoms with Gasteiger partial charge in [0.05, 0.1) is 11.6 Å². The molecule has 1 aromatic heterocycles. The second kappa shape index (κ2) is 5.57. The topological polar surface area (TPSA) is 52.0 Å². The van der Waals surface area contributed by atoms with E-state index < -0.39 is 0 Å². The Morgan fingerprint density at radius 1 is 1.20 bits per heavy atom. The fourth-order valence-electron chi connectivity index (χ4n) is 2.94. The van der Waals surface area contributed by atoms with E-state index in [1.807, 2.05) is 18.2 Å². The number of hydrogen-bond donors (Lipinski definition) is 0. The van der Waals surface area contributed by atoms with Crippen LogP contribution in [0.1, 0.15) is 32.1 Å². The second-order valence-corrected chi connectivity index (χ2v) is 5.50. The van der Waals surface area contributed by atoms with E-state index in [-0.39, 0.29) is 23.8 Å². The summed E-state index contributed by atoms with van der Waals surface area (Å²) in [5.74, 6) is 0.263. The zero-order valence-corrected chi connectivity index (χ0v) is 11.4. The predicted octanol–water partition coefficient (Wildman–Crippen LogP) is 2.55. The average molecular weight is 270 g/mol. The first-order valence-corrected chi connectivity index (χ1v) is 7.23. The van der Waals surface area contributed by atoms with Crippen LogP contribution in [0.15, 0.2) is 35.3 Å². The molecule has 2 aromatic rings. The van der Waals surface area contributed by atoms with E-state index in [9.17, 15) is 9.59 Å². The van der Waals surface area contributed by atoms with Crippen LogP contribution >= 0.6 is 0 Å². The van der Waals surface area contributed by atoms with Gasteiger partial charge in [-0.1, -0.05) is 37.5 Å². The molecule has 4 nitrogen and oxygen atoms in total. The molecule has 0 unspecified atom stereocenters. The average Bonchev–Trinajstić information content (AvgIpc) is 2.51. The fraction of sp³-hybridized carbons (Fsp3) is 0.438. The molecule has 0 bridgehead atoms. The van der Waals surface area contributed by atoms with Crippen LogP contribution in [0.25, 0.3) is 10.8 Å². The number of hydrogen-bond acceptors (Lipinski definition) is 3. The van der Waals surface area contributed by atoms with Crippen molar-refractivity contribution in [2.45, 2.75) is 38.6 Å². The molecule has 4 heteroatoms. The summed E-state index contributed by atoms with van der Waals surface area (Å²) in [6, 6.07) is 7.34. The third-order valence-electron chi connectivity index (χ3n) is 4.13. The van der Waals surface area contributed by atoms with Crippen molar-refractivity contribution in [1.82, 2.24) is 9.78 Å². The van der Waals surface area contributed by atoms with Crippen LogP contribution in [0.5, 0.6) is 0 Å². The van der Waals surface area contributed by atoms with Gasteiger partial charge in [-0.15, -0.1) is 0 Å². The van der Waals surface area contributed by atoms with Crippen LogP contribution in [0.2, 0.25) is 0 Å². The van der Waals surface area contributed by atoms with Crippen molar-refractivity contribution >= 4 is 16.6 Å². The number of ketones is 1. The lowest BCUT2D eigenvalue weighted by molar-refractivity contribution is -0.124. The number of carbonyl (C=O) groups is 1. The highest BCUT2D eigenvalue weighted by Gasteiger charge is 2.21. The Morgan fingerprint density at radius 2 is 1.95 bits per heavy atom. The lowest BCUT2D eigenvalue weighted by Crippen LogP contribution is -2.30. The monoisotopic (exact) mass is 270 g/mol. The summed E-state index contributed by atoms with van der Waals surface area (Å²) in [4.78, 5) is 24.6. The molecule has 104 valence electrons. The second-order valence-electron chi connectivity index (χ2n) is 5.50. The quantitative estimate of drug-likeness (QED) is 0.861. The highest BCUT2D eigenvalue weighted by atomic mass is 16.1. The van der Waals surface area contributed by atoms with Gasteiger partial charge in [-0.05, 0) is 18.9 Å². The molecule has 1 aliphatic rings. The van der Waals surface area contributed by atoms with Crippen LogP contribution in [-0.4, -0.2) is 15.6 Å². The molecular weight excluding hydrogens is 252 g/mol. The molecular formula is C16H18N2O2. The van der Waals surface area contributed by atoms with Gasteiger partial charge in [0.2, 0.25) is 0 Å². The van der Waals surface area contributed by atoms with Gasteiger partial charge in [0.1, 0.15) is 6.54 Å². The standard InChI is InChI=1S/C16H18N2O2/c19-15(12-6-2-1-3-7-12)11-18-16(20)14-9-5-4-8-13(14)10-17-18/h4-5,8-10,12H,1-3,6-7,11H2. The van der Waals surface area contributed by atoms with E-state index in [1.165, 1.54) is 11.1 Å². The van der Waals surface area contributed by atoms with Gasteiger partial charge in [-0.2, -0.15) is 5.10 Å². The van der Waals surface area contributed by atoms with Gasteiger partial charge < -0.3 is 0 Å². The molecule has 1 saturated carbocycles. The first-order valence-electron chi connectivity index (χ1n) is 7.23. The lowest BCUT2D eigenvalue weighted by atomic mass is 9.86. The number of carbonyl (C=O) groups excluding carboxylic acids is 1. The van der Waals surface area contributed by atoms with Crippen LogP contribution in [-0.2, 0) is 11.3 Å². The van der Waals surface area contributed by atoms with Gasteiger partial charge >= 0.3 is 0 Å². The summed E-state index contributed by atoms with van der Waals surface area (Å²) in [6.45, 7) is 0.105. The Kier molecular flexibility index (Phi) is 3.63. The number of benzene rings is 1. The summed E-state index contributed by atoms with van der Waals surface area (Å²) < 4.78 is 1.30. The molecule has 1 fully saturated rings. The van der Waals surface area contributed by atoms with E-state index in [4.69, 9.17) is 0 Å². The van der Waals surface area contributed by atoms with Crippen LogP contribution < -0.4 is 5.56 Å². The van der Waals surface area contributed by atoms with Gasteiger partial charge in [-0.25, -0.2) is 4.68 Å². The maximum absolute atomic E-state index is 12.3. The normalized spacial score (nSPS) is 16.4. The zero-order chi connectivity index (χ0) is 13.9. The van der Waals surface area contributed by atoms with Crippen LogP contribution in [0, 0.1) is 5.92 Å². The molecule has 1 aromatic carbocycles. The van der Waals surface area contributed by atoms with Gasteiger partial charge in [0.15, 0.2) is 5.78 Å². The number of rotatable bonds is 3. The molecule has 0 amide bonds. The number of nitrogens with zero attached hydrogens (tertiary/aromatic N) is 2. The Bertz CT molecular complexity index is 684. The lowest BCUT2D eigenvalue weighted by Gasteiger charge is -2.20. The van der Waals surface area contributed by atoms with Crippen molar-refractivity contribution < 1.29 is 4.79 Å². The molecule has 0 spiro atoms. The van der Waals surface area contributed by atoms with Crippen LogP contribution in [0.4, 0.5) is 0 Å². The van der Waals surface area contributed by atoms with Crippen molar-refractivity contribution in [2.24, 2.45) is 5.92 Å².